The summed E-state index contributed by atoms with van der Waals surface area (Å²) >= 11 is 1.71. The van der Waals surface area contributed by atoms with E-state index in [0.717, 1.165) is 0 Å². The summed E-state index contributed by atoms with van der Waals surface area (Å²) in [6.07, 6.45) is 0. The standard InChI is InChI=1S/C8H19N3OS/c1-5(4-9)13-7(3)6(2)8(12)11-10/h5-7H,4,9-10H2,1-3H3,(H,11,12). The zero-order chi connectivity index (χ0) is 10.4. The Kier molecular flexibility index (Phi) is 6.11. The Labute approximate surface area is 83.8 Å². The lowest BCUT2D eigenvalue weighted by Gasteiger charge is -2.20. The van der Waals surface area contributed by atoms with E-state index in [1.165, 1.54) is 0 Å². The van der Waals surface area contributed by atoms with E-state index in [0.29, 0.717) is 11.8 Å². The highest BCUT2D eigenvalue weighted by atomic mass is 32.2. The quantitative estimate of drug-likeness (QED) is 0.337. The molecule has 0 radical (unpaired) electrons. The Hall–Kier alpha value is -0.260. The number of nitrogens with one attached hydrogen (secondary N) is 1. The lowest BCUT2D eigenvalue weighted by atomic mass is 10.1. The van der Waals surface area contributed by atoms with Gasteiger partial charge in [-0.15, -0.1) is 0 Å². The van der Waals surface area contributed by atoms with E-state index in [1.54, 1.807) is 11.8 Å². The second-order valence-electron chi connectivity index (χ2n) is 3.18. The Balaban J connectivity index is 3.95. The lowest BCUT2D eigenvalue weighted by Crippen LogP contribution is -2.38. The number of hydrazine groups is 1. The predicted octanol–water partition coefficient (Wildman–Crippen LogP) is 0.0813. The van der Waals surface area contributed by atoms with Crippen molar-refractivity contribution in [3.8, 4) is 0 Å². The number of carbonyl (C=O) groups excluding carboxylic acids is 1. The van der Waals surface area contributed by atoms with E-state index >= 15 is 0 Å². The number of hydrogen-bond donors (Lipinski definition) is 3. The highest BCUT2D eigenvalue weighted by Crippen LogP contribution is 2.23. The number of hydrogen-bond acceptors (Lipinski definition) is 4. The highest BCUT2D eigenvalue weighted by molar-refractivity contribution is 8.00. The van der Waals surface area contributed by atoms with Crippen molar-refractivity contribution >= 4 is 17.7 Å². The molecule has 0 rings (SSSR count). The molecule has 0 aliphatic rings. The molecule has 0 saturated heterocycles. The third-order valence-electron chi connectivity index (χ3n) is 2.04. The summed E-state index contributed by atoms with van der Waals surface area (Å²) in [7, 11) is 0. The van der Waals surface area contributed by atoms with Crippen LogP contribution in [0.25, 0.3) is 0 Å². The van der Waals surface area contributed by atoms with E-state index < -0.39 is 0 Å². The van der Waals surface area contributed by atoms with E-state index in [2.05, 4.69) is 5.43 Å². The summed E-state index contributed by atoms with van der Waals surface area (Å²) in [5.41, 5.74) is 7.64. The Morgan fingerprint density at radius 2 is 2.00 bits per heavy atom. The molecule has 0 aromatic heterocycles. The van der Waals surface area contributed by atoms with Crippen molar-refractivity contribution in [2.75, 3.05) is 6.54 Å². The Morgan fingerprint density at radius 1 is 1.46 bits per heavy atom. The Bertz CT molecular complexity index is 165. The van der Waals surface area contributed by atoms with Crippen molar-refractivity contribution in [1.82, 2.24) is 5.43 Å². The maximum atomic E-state index is 11.1. The summed E-state index contributed by atoms with van der Waals surface area (Å²) in [5, 5.41) is 0.616. The summed E-state index contributed by atoms with van der Waals surface area (Å²) in [6.45, 7) is 6.56. The number of amides is 1. The van der Waals surface area contributed by atoms with Crippen LogP contribution in [0, 0.1) is 5.92 Å². The summed E-state index contributed by atoms with van der Waals surface area (Å²) in [6, 6.07) is 0. The van der Waals surface area contributed by atoms with Crippen LogP contribution in [0.5, 0.6) is 0 Å². The number of rotatable bonds is 5. The van der Waals surface area contributed by atoms with Crippen molar-refractivity contribution in [3.63, 3.8) is 0 Å². The number of carbonyl (C=O) groups is 1. The van der Waals surface area contributed by atoms with Crippen molar-refractivity contribution < 1.29 is 4.79 Å². The molecular formula is C8H19N3OS. The van der Waals surface area contributed by atoms with Gasteiger partial charge in [-0.2, -0.15) is 11.8 Å². The highest BCUT2D eigenvalue weighted by Gasteiger charge is 2.21. The van der Waals surface area contributed by atoms with Crippen LogP contribution in [-0.2, 0) is 4.79 Å². The van der Waals surface area contributed by atoms with Crippen molar-refractivity contribution in [2.45, 2.75) is 31.3 Å². The van der Waals surface area contributed by atoms with E-state index in [1.807, 2.05) is 20.8 Å². The monoisotopic (exact) mass is 205 g/mol. The molecule has 3 unspecified atom stereocenters. The molecule has 0 bridgehead atoms. The molecule has 0 aliphatic heterocycles. The van der Waals surface area contributed by atoms with Crippen LogP contribution in [0.1, 0.15) is 20.8 Å². The van der Waals surface area contributed by atoms with Gasteiger partial charge in [-0.3, -0.25) is 10.2 Å². The minimum atomic E-state index is -0.121. The van der Waals surface area contributed by atoms with Crippen molar-refractivity contribution in [3.05, 3.63) is 0 Å². The maximum Gasteiger partial charge on any atom is 0.237 e. The zero-order valence-electron chi connectivity index (χ0n) is 8.41. The molecule has 0 fully saturated rings. The zero-order valence-corrected chi connectivity index (χ0v) is 9.23. The molecule has 0 aromatic rings. The molecule has 0 aromatic carbocycles. The average molecular weight is 205 g/mol. The van der Waals surface area contributed by atoms with Crippen LogP contribution in [-0.4, -0.2) is 23.0 Å². The first kappa shape index (κ1) is 12.7. The third kappa shape index (κ3) is 4.50. The first-order valence-corrected chi connectivity index (χ1v) is 5.33. The van der Waals surface area contributed by atoms with Crippen LogP contribution in [0.3, 0.4) is 0 Å². The van der Waals surface area contributed by atoms with Gasteiger partial charge in [0.2, 0.25) is 5.91 Å². The minimum Gasteiger partial charge on any atom is -0.329 e. The SMILES string of the molecule is CC(CN)SC(C)C(C)C(=O)NN. The minimum absolute atomic E-state index is 0.0796. The van der Waals surface area contributed by atoms with Crippen LogP contribution in [0.2, 0.25) is 0 Å². The molecule has 13 heavy (non-hydrogen) atoms. The first-order valence-electron chi connectivity index (χ1n) is 4.38. The van der Waals surface area contributed by atoms with E-state index in [4.69, 9.17) is 11.6 Å². The largest absolute Gasteiger partial charge is 0.329 e. The molecule has 0 heterocycles. The molecule has 0 aliphatic carbocycles. The van der Waals surface area contributed by atoms with Gasteiger partial charge in [0.25, 0.3) is 0 Å². The molecule has 1 amide bonds. The summed E-state index contributed by atoms with van der Waals surface area (Å²) in [5.74, 6) is 4.84. The molecule has 4 nitrogen and oxygen atoms in total. The predicted molar refractivity (Wildman–Crippen MR) is 57.1 cm³/mol. The van der Waals surface area contributed by atoms with Crippen LogP contribution in [0.4, 0.5) is 0 Å². The van der Waals surface area contributed by atoms with Gasteiger partial charge in [-0.1, -0.05) is 20.8 Å². The van der Waals surface area contributed by atoms with Crippen molar-refractivity contribution in [2.24, 2.45) is 17.5 Å². The van der Waals surface area contributed by atoms with Gasteiger partial charge >= 0.3 is 0 Å². The topological polar surface area (TPSA) is 81.1 Å². The summed E-state index contributed by atoms with van der Waals surface area (Å²) in [4.78, 5) is 11.1. The molecular weight excluding hydrogens is 186 g/mol. The maximum absolute atomic E-state index is 11.1. The van der Waals surface area contributed by atoms with Gasteiger partial charge in [0.15, 0.2) is 0 Å². The molecule has 0 saturated carbocycles. The molecule has 0 spiro atoms. The van der Waals surface area contributed by atoms with Gasteiger partial charge in [-0.25, -0.2) is 5.84 Å². The van der Waals surface area contributed by atoms with E-state index in [-0.39, 0.29) is 17.1 Å². The summed E-state index contributed by atoms with van der Waals surface area (Å²) < 4.78 is 0. The smallest absolute Gasteiger partial charge is 0.237 e. The second kappa shape index (κ2) is 6.23. The molecule has 5 N–H and O–H groups in total. The van der Waals surface area contributed by atoms with Crippen LogP contribution < -0.4 is 17.0 Å². The molecule has 78 valence electrons. The average Bonchev–Trinajstić information content (AvgIpc) is 2.14. The fraction of sp³-hybridized carbons (Fsp3) is 0.875. The Morgan fingerprint density at radius 3 is 2.38 bits per heavy atom. The fourth-order valence-electron chi connectivity index (χ4n) is 0.884. The fourth-order valence-corrected chi connectivity index (χ4v) is 2.09. The molecule has 3 atom stereocenters. The van der Waals surface area contributed by atoms with Crippen LogP contribution in [0.15, 0.2) is 0 Å². The van der Waals surface area contributed by atoms with Gasteiger partial charge < -0.3 is 5.73 Å². The normalized spacial score (nSPS) is 17.6. The van der Waals surface area contributed by atoms with E-state index in [9.17, 15) is 4.79 Å². The van der Waals surface area contributed by atoms with Gasteiger partial charge in [0, 0.05) is 23.0 Å². The van der Waals surface area contributed by atoms with Gasteiger partial charge in [0.1, 0.15) is 0 Å². The van der Waals surface area contributed by atoms with Gasteiger partial charge in [0.05, 0.1) is 0 Å². The van der Waals surface area contributed by atoms with Gasteiger partial charge in [-0.05, 0) is 0 Å². The molecule has 5 heteroatoms. The lowest BCUT2D eigenvalue weighted by molar-refractivity contribution is -0.124. The first-order chi connectivity index (χ1) is 6.02. The van der Waals surface area contributed by atoms with Crippen molar-refractivity contribution in [1.29, 1.82) is 0 Å². The van der Waals surface area contributed by atoms with Crippen LogP contribution >= 0.6 is 11.8 Å². The number of nitrogens with two attached hydrogens (primary N) is 2. The second-order valence-corrected chi connectivity index (χ2v) is 5.01. The third-order valence-corrected chi connectivity index (χ3v) is 3.53. The number of thioether (sulfide) groups is 1.